The Labute approximate surface area is 124 Å². The molecule has 0 bridgehead atoms. The summed E-state index contributed by atoms with van der Waals surface area (Å²) in [7, 11) is 0. The summed E-state index contributed by atoms with van der Waals surface area (Å²) in [6.07, 6.45) is 0. The monoisotopic (exact) mass is 285 g/mol. The molecule has 4 nitrogen and oxygen atoms in total. The molecule has 0 fully saturated rings. The van der Waals surface area contributed by atoms with Crippen LogP contribution in [0.2, 0.25) is 0 Å². The van der Waals surface area contributed by atoms with Gasteiger partial charge in [-0.2, -0.15) is 0 Å². The van der Waals surface area contributed by atoms with Crippen LogP contribution in [0.4, 0.5) is 0 Å². The summed E-state index contributed by atoms with van der Waals surface area (Å²) < 4.78 is 5.76. The van der Waals surface area contributed by atoms with E-state index < -0.39 is 5.97 Å². The van der Waals surface area contributed by atoms with E-state index in [0.29, 0.717) is 13.2 Å². The number of carbonyl (C=O) groups is 1. The molecule has 0 aromatic heterocycles. The summed E-state index contributed by atoms with van der Waals surface area (Å²) in [5, 5.41) is 11.4. The fraction of sp³-hybridized carbons (Fsp3) is 0.235. The Bertz CT molecular complexity index is 593. The predicted molar refractivity (Wildman–Crippen MR) is 81.3 cm³/mol. The van der Waals surface area contributed by atoms with Gasteiger partial charge in [-0.3, -0.25) is 4.79 Å². The zero-order valence-corrected chi connectivity index (χ0v) is 12.0. The van der Waals surface area contributed by atoms with Crippen LogP contribution in [-0.4, -0.2) is 17.6 Å². The Kier molecular flexibility index (Phi) is 5.35. The largest absolute Gasteiger partial charge is 0.489 e. The van der Waals surface area contributed by atoms with Crippen molar-refractivity contribution in [3.63, 3.8) is 0 Å². The summed E-state index contributed by atoms with van der Waals surface area (Å²) in [5.74, 6) is -0.0478. The number of benzene rings is 2. The van der Waals surface area contributed by atoms with E-state index in [1.165, 1.54) is 11.1 Å². The molecule has 2 aromatic rings. The summed E-state index contributed by atoms with van der Waals surface area (Å²) in [5.41, 5.74) is 3.41. The second-order valence-electron chi connectivity index (χ2n) is 4.86. The number of hydrogen-bond donors (Lipinski definition) is 2. The van der Waals surface area contributed by atoms with E-state index in [0.717, 1.165) is 11.3 Å². The molecule has 0 heterocycles. The van der Waals surface area contributed by atoms with Crippen LogP contribution in [-0.2, 0) is 17.9 Å². The van der Waals surface area contributed by atoms with Gasteiger partial charge in [0.05, 0.1) is 6.54 Å². The number of hydrogen-bond acceptors (Lipinski definition) is 3. The molecule has 110 valence electrons. The number of carboxylic acid groups (broad SMARTS) is 1. The number of aryl methyl sites for hydroxylation is 1. The van der Waals surface area contributed by atoms with Crippen LogP contribution in [0.15, 0.2) is 48.5 Å². The van der Waals surface area contributed by atoms with Crippen molar-refractivity contribution in [2.24, 2.45) is 0 Å². The third-order valence-corrected chi connectivity index (χ3v) is 3.18. The van der Waals surface area contributed by atoms with Crippen LogP contribution in [0.5, 0.6) is 5.75 Å². The first-order chi connectivity index (χ1) is 10.1. The van der Waals surface area contributed by atoms with Gasteiger partial charge < -0.3 is 15.2 Å². The maximum Gasteiger partial charge on any atom is 0.317 e. The van der Waals surface area contributed by atoms with E-state index in [1.807, 2.05) is 36.4 Å². The van der Waals surface area contributed by atoms with E-state index in [-0.39, 0.29) is 6.54 Å². The Hall–Kier alpha value is -2.33. The molecule has 2 rings (SSSR count). The van der Waals surface area contributed by atoms with Crippen molar-refractivity contribution in [2.45, 2.75) is 20.1 Å². The highest BCUT2D eigenvalue weighted by atomic mass is 16.5. The van der Waals surface area contributed by atoms with E-state index in [9.17, 15) is 4.79 Å². The lowest BCUT2D eigenvalue weighted by atomic mass is 10.1. The fourth-order valence-electron chi connectivity index (χ4n) is 1.95. The quantitative estimate of drug-likeness (QED) is 0.821. The van der Waals surface area contributed by atoms with Crippen LogP contribution in [0, 0.1) is 6.92 Å². The van der Waals surface area contributed by atoms with Gasteiger partial charge in [-0.1, -0.05) is 36.4 Å². The van der Waals surface area contributed by atoms with Crippen LogP contribution in [0.3, 0.4) is 0 Å². The van der Waals surface area contributed by atoms with Crippen molar-refractivity contribution in [2.75, 3.05) is 6.54 Å². The third-order valence-electron chi connectivity index (χ3n) is 3.18. The highest BCUT2D eigenvalue weighted by molar-refractivity contribution is 5.68. The molecule has 21 heavy (non-hydrogen) atoms. The lowest BCUT2D eigenvalue weighted by Gasteiger charge is -2.09. The topological polar surface area (TPSA) is 58.6 Å². The SMILES string of the molecule is Cc1ccccc1COc1ccc(CNCC(=O)O)cc1. The smallest absolute Gasteiger partial charge is 0.317 e. The van der Waals surface area contributed by atoms with Gasteiger partial charge in [0.1, 0.15) is 12.4 Å². The number of carboxylic acids is 1. The Balaban J connectivity index is 1.85. The fourth-order valence-corrected chi connectivity index (χ4v) is 1.95. The Morgan fingerprint density at radius 1 is 1.14 bits per heavy atom. The molecule has 0 aliphatic rings. The number of aliphatic carboxylic acids is 1. The van der Waals surface area contributed by atoms with Crippen LogP contribution < -0.4 is 10.1 Å². The molecule has 4 heteroatoms. The predicted octanol–water partition coefficient (Wildman–Crippen LogP) is 2.75. The van der Waals surface area contributed by atoms with Gasteiger partial charge in [0.2, 0.25) is 0 Å². The minimum absolute atomic E-state index is 0.0362. The molecule has 0 unspecified atom stereocenters. The lowest BCUT2D eigenvalue weighted by molar-refractivity contribution is -0.135. The van der Waals surface area contributed by atoms with Crippen molar-refractivity contribution < 1.29 is 14.6 Å². The Morgan fingerprint density at radius 3 is 2.52 bits per heavy atom. The molecule has 0 aliphatic carbocycles. The molecule has 0 spiro atoms. The number of nitrogens with one attached hydrogen (secondary N) is 1. The number of ether oxygens (including phenoxy) is 1. The van der Waals surface area contributed by atoms with Crippen molar-refractivity contribution in [1.29, 1.82) is 0 Å². The van der Waals surface area contributed by atoms with E-state index >= 15 is 0 Å². The zero-order chi connectivity index (χ0) is 15.1. The van der Waals surface area contributed by atoms with Crippen molar-refractivity contribution >= 4 is 5.97 Å². The van der Waals surface area contributed by atoms with E-state index in [1.54, 1.807) is 0 Å². The molecule has 0 atom stereocenters. The maximum absolute atomic E-state index is 10.4. The van der Waals surface area contributed by atoms with Crippen LogP contribution in [0.1, 0.15) is 16.7 Å². The zero-order valence-electron chi connectivity index (χ0n) is 12.0. The Morgan fingerprint density at radius 2 is 1.86 bits per heavy atom. The summed E-state index contributed by atoms with van der Waals surface area (Å²) >= 11 is 0. The van der Waals surface area contributed by atoms with Gasteiger partial charge in [-0.05, 0) is 35.7 Å². The standard InChI is InChI=1S/C17H19NO3/c1-13-4-2-3-5-15(13)12-21-16-8-6-14(7-9-16)10-18-11-17(19)20/h2-9,18H,10-12H2,1H3,(H,19,20). The molecule has 2 aromatic carbocycles. The first-order valence-corrected chi connectivity index (χ1v) is 6.84. The maximum atomic E-state index is 10.4. The minimum Gasteiger partial charge on any atom is -0.489 e. The summed E-state index contributed by atoms with van der Waals surface area (Å²) in [6.45, 7) is 3.11. The number of rotatable bonds is 7. The first-order valence-electron chi connectivity index (χ1n) is 6.84. The lowest BCUT2D eigenvalue weighted by Crippen LogP contribution is -2.21. The van der Waals surface area contributed by atoms with Crippen molar-refractivity contribution in [3.8, 4) is 5.75 Å². The molecule has 0 amide bonds. The molecule has 0 saturated carbocycles. The second-order valence-corrected chi connectivity index (χ2v) is 4.86. The average molecular weight is 285 g/mol. The average Bonchev–Trinajstić information content (AvgIpc) is 2.47. The summed E-state index contributed by atoms with van der Waals surface area (Å²) in [6, 6.07) is 15.8. The van der Waals surface area contributed by atoms with Gasteiger partial charge >= 0.3 is 5.97 Å². The van der Waals surface area contributed by atoms with Crippen LogP contribution >= 0.6 is 0 Å². The van der Waals surface area contributed by atoms with E-state index in [4.69, 9.17) is 9.84 Å². The normalized spacial score (nSPS) is 10.3. The summed E-state index contributed by atoms with van der Waals surface area (Å²) in [4.78, 5) is 10.4. The van der Waals surface area contributed by atoms with Gasteiger partial charge in [-0.25, -0.2) is 0 Å². The van der Waals surface area contributed by atoms with Crippen molar-refractivity contribution in [1.82, 2.24) is 5.32 Å². The van der Waals surface area contributed by atoms with Crippen LogP contribution in [0.25, 0.3) is 0 Å². The minimum atomic E-state index is -0.854. The van der Waals surface area contributed by atoms with E-state index in [2.05, 4.69) is 24.4 Å². The second kappa shape index (κ2) is 7.45. The van der Waals surface area contributed by atoms with Gasteiger partial charge in [-0.15, -0.1) is 0 Å². The first kappa shape index (κ1) is 15.1. The highest BCUT2D eigenvalue weighted by Gasteiger charge is 2.00. The van der Waals surface area contributed by atoms with Gasteiger partial charge in [0.15, 0.2) is 0 Å². The van der Waals surface area contributed by atoms with Gasteiger partial charge in [0.25, 0.3) is 0 Å². The third kappa shape index (κ3) is 4.93. The van der Waals surface area contributed by atoms with Gasteiger partial charge in [0, 0.05) is 6.54 Å². The molecular formula is C17H19NO3. The molecule has 0 saturated heterocycles. The molecule has 0 aliphatic heterocycles. The highest BCUT2D eigenvalue weighted by Crippen LogP contribution is 2.15. The van der Waals surface area contributed by atoms with Crippen molar-refractivity contribution in [3.05, 3.63) is 65.2 Å². The molecular weight excluding hydrogens is 266 g/mol. The molecule has 2 N–H and O–H groups in total. The molecule has 0 radical (unpaired) electrons.